The van der Waals surface area contributed by atoms with Crippen LogP contribution in [0.3, 0.4) is 0 Å². The first-order valence-corrected chi connectivity index (χ1v) is 7.25. The summed E-state index contributed by atoms with van der Waals surface area (Å²) in [6, 6.07) is 7.52. The fourth-order valence-electron chi connectivity index (χ4n) is 2.20. The van der Waals surface area contributed by atoms with Gasteiger partial charge in [-0.25, -0.2) is 0 Å². The van der Waals surface area contributed by atoms with E-state index in [9.17, 15) is 5.11 Å². The molecule has 4 nitrogen and oxygen atoms in total. The van der Waals surface area contributed by atoms with Gasteiger partial charge in [-0.15, -0.1) is 0 Å². The zero-order valence-corrected chi connectivity index (χ0v) is 12.2. The number of aliphatic hydroxyl groups excluding tert-OH is 1. The summed E-state index contributed by atoms with van der Waals surface area (Å²) in [5.74, 6) is 1.30. The molecule has 0 bridgehead atoms. The van der Waals surface area contributed by atoms with E-state index in [2.05, 4.69) is 0 Å². The molecule has 2 unspecified atom stereocenters. The van der Waals surface area contributed by atoms with E-state index in [1.54, 1.807) is 0 Å². The normalized spacial score (nSPS) is 20.3. The lowest BCUT2D eigenvalue weighted by molar-refractivity contribution is 0.0185. The summed E-state index contributed by atoms with van der Waals surface area (Å²) in [5, 5.41) is 10.1. The lowest BCUT2D eigenvalue weighted by atomic mass is 10.1. The number of hydrogen-bond donors (Lipinski definition) is 1. The van der Waals surface area contributed by atoms with Gasteiger partial charge in [0.1, 0.15) is 11.9 Å². The standard InChI is InChI=1S/C16H24O4/c1-12(2)20-15-5-3-14(4-6-15)16(17)11-19-10-13-7-8-18-9-13/h3-6,12-13,16-17H,7-11H2,1-2H3. The van der Waals surface area contributed by atoms with Gasteiger partial charge in [-0.3, -0.25) is 0 Å². The molecular formula is C16H24O4. The van der Waals surface area contributed by atoms with Crippen molar-refractivity contribution in [3.05, 3.63) is 29.8 Å². The van der Waals surface area contributed by atoms with Crippen LogP contribution in [0, 0.1) is 5.92 Å². The van der Waals surface area contributed by atoms with Crippen molar-refractivity contribution in [2.24, 2.45) is 5.92 Å². The summed E-state index contributed by atoms with van der Waals surface area (Å²) in [7, 11) is 0. The Morgan fingerprint density at radius 2 is 2.05 bits per heavy atom. The van der Waals surface area contributed by atoms with Crippen molar-refractivity contribution < 1.29 is 19.3 Å². The number of hydrogen-bond acceptors (Lipinski definition) is 4. The molecule has 0 aromatic heterocycles. The van der Waals surface area contributed by atoms with Crippen molar-refractivity contribution in [1.29, 1.82) is 0 Å². The Morgan fingerprint density at radius 1 is 1.30 bits per heavy atom. The fourth-order valence-corrected chi connectivity index (χ4v) is 2.20. The second-order valence-electron chi connectivity index (χ2n) is 5.52. The van der Waals surface area contributed by atoms with Gasteiger partial charge in [0.05, 0.1) is 25.9 Å². The topological polar surface area (TPSA) is 47.9 Å². The van der Waals surface area contributed by atoms with Gasteiger partial charge in [0.25, 0.3) is 0 Å². The highest BCUT2D eigenvalue weighted by molar-refractivity contribution is 5.28. The second-order valence-corrected chi connectivity index (χ2v) is 5.52. The molecule has 1 saturated heterocycles. The molecule has 0 saturated carbocycles. The van der Waals surface area contributed by atoms with Crippen LogP contribution in [-0.2, 0) is 9.47 Å². The predicted octanol–water partition coefficient (Wildman–Crippen LogP) is 2.56. The summed E-state index contributed by atoms with van der Waals surface area (Å²) >= 11 is 0. The molecule has 2 atom stereocenters. The minimum absolute atomic E-state index is 0.155. The Hall–Kier alpha value is -1.10. The molecule has 112 valence electrons. The largest absolute Gasteiger partial charge is 0.491 e. The van der Waals surface area contributed by atoms with Crippen LogP contribution in [0.4, 0.5) is 0 Å². The van der Waals surface area contributed by atoms with Crippen LogP contribution < -0.4 is 4.74 Å². The Balaban J connectivity index is 1.75. The van der Waals surface area contributed by atoms with E-state index in [4.69, 9.17) is 14.2 Å². The summed E-state index contributed by atoms with van der Waals surface area (Å²) in [5.41, 5.74) is 0.851. The summed E-state index contributed by atoms with van der Waals surface area (Å²) < 4.78 is 16.4. The van der Waals surface area contributed by atoms with Crippen LogP contribution in [0.15, 0.2) is 24.3 Å². The molecule has 0 amide bonds. The molecule has 0 radical (unpaired) electrons. The van der Waals surface area contributed by atoms with Crippen LogP contribution in [0.1, 0.15) is 31.9 Å². The molecule has 1 aliphatic heterocycles. The minimum atomic E-state index is -0.592. The van der Waals surface area contributed by atoms with Gasteiger partial charge in [-0.1, -0.05) is 12.1 Å². The van der Waals surface area contributed by atoms with Gasteiger partial charge in [0, 0.05) is 12.5 Å². The van der Waals surface area contributed by atoms with E-state index >= 15 is 0 Å². The van der Waals surface area contributed by atoms with E-state index in [0.29, 0.717) is 19.1 Å². The molecule has 20 heavy (non-hydrogen) atoms. The Labute approximate surface area is 120 Å². The SMILES string of the molecule is CC(C)Oc1ccc(C(O)COCC2CCOC2)cc1. The number of aliphatic hydroxyl groups is 1. The molecule has 4 heteroatoms. The highest BCUT2D eigenvalue weighted by atomic mass is 16.5. The van der Waals surface area contributed by atoms with Gasteiger partial charge >= 0.3 is 0 Å². The maximum atomic E-state index is 10.1. The van der Waals surface area contributed by atoms with Crippen LogP contribution in [0.2, 0.25) is 0 Å². The van der Waals surface area contributed by atoms with Gasteiger partial charge in [-0.2, -0.15) is 0 Å². The monoisotopic (exact) mass is 280 g/mol. The summed E-state index contributed by atoms with van der Waals surface area (Å²) in [4.78, 5) is 0. The molecule has 1 aromatic rings. The third-order valence-electron chi connectivity index (χ3n) is 3.29. The van der Waals surface area contributed by atoms with Crippen molar-refractivity contribution in [3.8, 4) is 5.75 Å². The minimum Gasteiger partial charge on any atom is -0.491 e. The second kappa shape index (κ2) is 7.62. The molecular weight excluding hydrogens is 256 g/mol. The van der Waals surface area contributed by atoms with Crippen molar-refractivity contribution >= 4 is 0 Å². The van der Waals surface area contributed by atoms with Crippen molar-refractivity contribution in [2.45, 2.75) is 32.5 Å². The molecule has 1 fully saturated rings. The van der Waals surface area contributed by atoms with Crippen molar-refractivity contribution in [3.63, 3.8) is 0 Å². The molecule has 1 N–H and O–H groups in total. The van der Waals surface area contributed by atoms with Crippen molar-refractivity contribution in [2.75, 3.05) is 26.4 Å². The van der Waals surface area contributed by atoms with Gasteiger partial charge in [0.15, 0.2) is 0 Å². The van der Waals surface area contributed by atoms with Crippen molar-refractivity contribution in [1.82, 2.24) is 0 Å². The first-order valence-electron chi connectivity index (χ1n) is 7.25. The average molecular weight is 280 g/mol. The smallest absolute Gasteiger partial charge is 0.119 e. The quantitative estimate of drug-likeness (QED) is 0.834. The van der Waals surface area contributed by atoms with E-state index in [1.165, 1.54) is 0 Å². The highest BCUT2D eigenvalue weighted by Crippen LogP contribution is 2.20. The maximum absolute atomic E-state index is 10.1. The molecule has 1 aliphatic rings. The molecule has 1 aromatic carbocycles. The lowest BCUT2D eigenvalue weighted by Crippen LogP contribution is -2.14. The van der Waals surface area contributed by atoms with E-state index < -0.39 is 6.10 Å². The average Bonchev–Trinajstić information content (AvgIpc) is 2.92. The van der Waals surface area contributed by atoms with Gasteiger partial charge in [-0.05, 0) is 38.0 Å². The number of benzene rings is 1. The van der Waals surface area contributed by atoms with E-state index in [0.717, 1.165) is 30.9 Å². The molecule has 0 aliphatic carbocycles. The highest BCUT2D eigenvalue weighted by Gasteiger charge is 2.16. The fraction of sp³-hybridized carbons (Fsp3) is 0.625. The zero-order valence-electron chi connectivity index (χ0n) is 12.2. The van der Waals surface area contributed by atoms with Crippen LogP contribution in [0.5, 0.6) is 5.75 Å². The number of rotatable bonds is 7. The van der Waals surface area contributed by atoms with Crippen LogP contribution >= 0.6 is 0 Å². The Bertz CT molecular complexity index is 382. The Kier molecular flexibility index (Phi) is 5.83. The zero-order chi connectivity index (χ0) is 14.4. The number of ether oxygens (including phenoxy) is 3. The summed E-state index contributed by atoms with van der Waals surface area (Å²) in [6.07, 6.45) is 0.616. The lowest BCUT2D eigenvalue weighted by Gasteiger charge is -2.15. The molecule has 1 heterocycles. The first kappa shape index (κ1) is 15.3. The first-order chi connectivity index (χ1) is 9.65. The maximum Gasteiger partial charge on any atom is 0.119 e. The van der Waals surface area contributed by atoms with E-state index in [-0.39, 0.29) is 6.10 Å². The molecule has 2 rings (SSSR count). The van der Waals surface area contributed by atoms with Crippen LogP contribution in [-0.4, -0.2) is 37.6 Å². The van der Waals surface area contributed by atoms with Gasteiger partial charge in [0.2, 0.25) is 0 Å². The third-order valence-corrected chi connectivity index (χ3v) is 3.29. The Morgan fingerprint density at radius 3 is 2.65 bits per heavy atom. The predicted molar refractivity (Wildman–Crippen MR) is 76.9 cm³/mol. The summed E-state index contributed by atoms with van der Waals surface area (Å²) in [6.45, 7) is 6.56. The molecule has 0 spiro atoms. The van der Waals surface area contributed by atoms with Crippen LogP contribution in [0.25, 0.3) is 0 Å². The van der Waals surface area contributed by atoms with Gasteiger partial charge < -0.3 is 19.3 Å². The van der Waals surface area contributed by atoms with E-state index in [1.807, 2.05) is 38.1 Å². The third kappa shape index (κ3) is 4.78.